The molecule has 0 atom stereocenters. The summed E-state index contributed by atoms with van der Waals surface area (Å²) in [6, 6.07) is 11.9. The van der Waals surface area contributed by atoms with E-state index in [1.807, 2.05) is 43.3 Å². The number of nitrogens with zero attached hydrogens (tertiary/aromatic N) is 3. The summed E-state index contributed by atoms with van der Waals surface area (Å²) < 4.78 is 0. The van der Waals surface area contributed by atoms with Gasteiger partial charge in [-0.2, -0.15) is 0 Å². The van der Waals surface area contributed by atoms with E-state index in [2.05, 4.69) is 28.8 Å². The molecule has 0 spiro atoms. The standard InChI is InChI=1S/C17H18N4/c1-10(2)15-9-16(18)21-17(20-15)13-8-11(3)19-14-7-5-4-6-12(13)14/h4-10H,1-3H3,(H2,18,20,21). The van der Waals surface area contributed by atoms with Gasteiger partial charge in [-0.05, 0) is 25.0 Å². The summed E-state index contributed by atoms with van der Waals surface area (Å²) in [4.78, 5) is 13.6. The summed E-state index contributed by atoms with van der Waals surface area (Å²) in [6.07, 6.45) is 0. The lowest BCUT2D eigenvalue weighted by molar-refractivity contribution is 0.818. The van der Waals surface area contributed by atoms with Crippen LogP contribution in [0.1, 0.15) is 31.2 Å². The minimum absolute atomic E-state index is 0.309. The SMILES string of the molecule is Cc1cc(-c2nc(N)cc(C(C)C)n2)c2ccccc2n1. The summed E-state index contributed by atoms with van der Waals surface area (Å²) in [7, 11) is 0. The van der Waals surface area contributed by atoms with Crippen LogP contribution in [0.2, 0.25) is 0 Å². The maximum atomic E-state index is 5.95. The second-order valence-electron chi connectivity index (χ2n) is 5.52. The van der Waals surface area contributed by atoms with Crippen LogP contribution in [-0.2, 0) is 0 Å². The lowest BCUT2D eigenvalue weighted by atomic mass is 10.1. The Morgan fingerprint density at radius 2 is 1.76 bits per heavy atom. The number of hydrogen-bond acceptors (Lipinski definition) is 4. The molecule has 3 aromatic rings. The molecule has 2 heterocycles. The fourth-order valence-electron chi connectivity index (χ4n) is 2.39. The summed E-state index contributed by atoms with van der Waals surface area (Å²) >= 11 is 0. The van der Waals surface area contributed by atoms with Gasteiger partial charge in [-0.3, -0.25) is 4.98 Å². The van der Waals surface area contributed by atoms with Crippen molar-refractivity contribution in [2.75, 3.05) is 5.73 Å². The van der Waals surface area contributed by atoms with Crippen LogP contribution in [0, 0.1) is 6.92 Å². The highest BCUT2D eigenvalue weighted by atomic mass is 14.9. The number of para-hydroxylation sites is 1. The molecule has 4 nitrogen and oxygen atoms in total. The lowest BCUT2D eigenvalue weighted by Gasteiger charge is -2.11. The Morgan fingerprint density at radius 1 is 1.00 bits per heavy atom. The number of benzene rings is 1. The number of aryl methyl sites for hydroxylation is 1. The van der Waals surface area contributed by atoms with Crippen molar-refractivity contribution >= 4 is 16.7 Å². The van der Waals surface area contributed by atoms with Gasteiger partial charge < -0.3 is 5.73 Å². The van der Waals surface area contributed by atoms with Crippen molar-refractivity contribution in [1.82, 2.24) is 15.0 Å². The Labute approximate surface area is 124 Å². The van der Waals surface area contributed by atoms with Crippen LogP contribution in [0.3, 0.4) is 0 Å². The van der Waals surface area contributed by atoms with Gasteiger partial charge in [0.25, 0.3) is 0 Å². The number of hydrogen-bond donors (Lipinski definition) is 1. The molecule has 2 aromatic heterocycles. The topological polar surface area (TPSA) is 64.7 Å². The summed E-state index contributed by atoms with van der Waals surface area (Å²) in [5.41, 5.74) is 9.78. The number of nitrogen functional groups attached to an aromatic ring is 1. The predicted molar refractivity (Wildman–Crippen MR) is 86.0 cm³/mol. The molecule has 21 heavy (non-hydrogen) atoms. The van der Waals surface area contributed by atoms with Crippen molar-refractivity contribution < 1.29 is 0 Å². The number of rotatable bonds is 2. The smallest absolute Gasteiger partial charge is 0.162 e. The van der Waals surface area contributed by atoms with Crippen LogP contribution in [0.4, 0.5) is 5.82 Å². The molecule has 0 fully saturated rings. The minimum atomic E-state index is 0.309. The maximum absolute atomic E-state index is 5.95. The quantitative estimate of drug-likeness (QED) is 0.776. The van der Waals surface area contributed by atoms with Gasteiger partial charge in [-0.15, -0.1) is 0 Å². The Hall–Kier alpha value is -2.49. The fraction of sp³-hybridized carbons (Fsp3) is 0.235. The molecule has 0 radical (unpaired) electrons. The predicted octanol–water partition coefficient (Wildman–Crippen LogP) is 3.71. The Morgan fingerprint density at radius 3 is 2.52 bits per heavy atom. The molecular formula is C17H18N4. The number of anilines is 1. The molecule has 106 valence electrons. The Kier molecular flexibility index (Phi) is 3.29. The molecule has 0 bridgehead atoms. The van der Waals surface area contributed by atoms with Gasteiger partial charge in [0.15, 0.2) is 5.82 Å². The van der Waals surface area contributed by atoms with Gasteiger partial charge in [0, 0.05) is 28.4 Å². The molecule has 0 unspecified atom stereocenters. The second-order valence-corrected chi connectivity index (χ2v) is 5.52. The number of pyridine rings is 1. The highest BCUT2D eigenvalue weighted by molar-refractivity contribution is 5.93. The van der Waals surface area contributed by atoms with Crippen LogP contribution in [0.15, 0.2) is 36.4 Å². The van der Waals surface area contributed by atoms with E-state index in [1.165, 1.54) is 0 Å². The number of fused-ring (bicyclic) bond motifs is 1. The van der Waals surface area contributed by atoms with Crippen LogP contribution in [0.25, 0.3) is 22.3 Å². The first kappa shape index (κ1) is 13.5. The zero-order chi connectivity index (χ0) is 15.0. The van der Waals surface area contributed by atoms with Gasteiger partial charge in [-0.25, -0.2) is 9.97 Å². The molecule has 0 amide bonds. The van der Waals surface area contributed by atoms with E-state index >= 15 is 0 Å². The second kappa shape index (κ2) is 5.13. The molecule has 0 aliphatic heterocycles. The Bertz CT molecular complexity index is 809. The van der Waals surface area contributed by atoms with Gasteiger partial charge >= 0.3 is 0 Å². The summed E-state index contributed by atoms with van der Waals surface area (Å²) in [5.74, 6) is 1.48. The van der Waals surface area contributed by atoms with Crippen molar-refractivity contribution in [1.29, 1.82) is 0 Å². The third-order valence-corrected chi connectivity index (χ3v) is 3.44. The van der Waals surface area contributed by atoms with Gasteiger partial charge in [0.2, 0.25) is 0 Å². The first-order chi connectivity index (χ1) is 10.0. The van der Waals surface area contributed by atoms with Gasteiger partial charge in [-0.1, -0.05) is 32.0 Å². The van der Waals surface area contributed by atoms with E-state index in [0.717, 1.165) is 27.9 Å². The van der Waals surface area contributed by atoms with Crippen molar-refractivity contribution in [3.05, 3.63) is 47.8 Å². The number of nitrogens with two attached hydrogens (primary N) is 1. The van der Waals surface area contributed by atoms with Gasteiger partial charge in [0.1, 0.15) is 5.82 Å². The highest BCUT2D eigenvalue weighted by Crippen LogP contribution is 2.27. The zero-order valence-corrected chi connectivity index (χ0v) is 12.5. The lowest BCUT2D eigenvalue weighted by Crippen LogP contribution is -2.02. The molecule has 0 aliphatic carbocycles. The highest BCUT2D eigenvalue weighted by Gasteiger charge is 2.12. The van der Waals surface area contributed by atoms with Crippen LogP contribution >= 0.6 is 0 Å². The molecule has 2 N–H and O–H groups in total. The van der Waals surface area contributed by atoms with Crippen LogP contribution in [-0.4, -0.2) is 15.0 Å². The fourth-order valence-corrected chi connectivity index (χ4v) is 2.39. The molecule has 3 rings (SSSR count). The monoisotopic (exact) mass is 278 g/mol. The molecule has 0 saturated carbocycles. The molecular weight excluding hydrogens is 260 g/mol. The zero-order valence-electron chi connectivity index (χ0n) is 12.5. The van der Waals surface area contributed by atoms with Crippen molar-refractivity contribution in [3.63, 3.8) is 0 Å². The summed E-state index contributed by atoms with van der Waals surface area (Å²) in [6.45, 7) is 6.18. The van der Waals surface area contributed by atoms with Crippen LogP contribution in [0.5, 0.6) is 0 Å². The van der Waals surface area contributed by atoms with E-state index in [9.17, 15) is 0 Å². The van der Waals surface area contributed by atoms with E-state index in [-0.39, 0.29) is 0 Å². The third kappa shape index (κ3) is 2.57. The third-order valence-electron chi connectivity index (χ3n) is 3.44. The van der Waals surface area contributed by atoms with E-state index in [0.29, 0.717) is 17.6 Å². The van der Waals surface area contributed by atoms with Crippen molar-refractivity contribution in [3.8, 4) is 11.4 Å². The van der Waals surface area contributed by atoms with E-state index in [4.69, 9.17) is 5.73 Å². The molecule has 0 saturated heterocycles. The average molecular weight is 278 g/mol. The van der Waals surface area contributed by atoms with Crippen molar-refractivity contribution in [2.24, 2.45) is 0 Å². The van der Waals surface area contributed by atoms with Crippen LogP contribution < -0.4 is 5.73 Å². The maximum Gasteiger partial charge on any atom is 0.162 e. The molecule has 1 aromatic carbocycles. The van der Waals surface area contributed by atoms with E-state index in [1.54, 1.807) is 0 Å². The molecule has 4 heteroatoms. The first-order valence-corrected chi connectivity index (χ1v) is 7.06. The summed E-state index contributed by atoms with van der Waals surface area (Å²) in [5, 5.41) is 1.04. The number of aromatic nitrogens is 3. The van der Waals surface area contributed by atoms with Crippen molar-refractivity contribution in [2.45, 2.75) is 26.7 Å². The average Bonchev–Trinajstić information content (AvgIpc) is 2.45. The van der Waals surface area contributed by atoms with E-state index < -0.39 is 0 Å². The Balaban J connectivity index is 2.30. The normalized spacial score (nSPS) is 11.2. The molecule has 0 aliphatic rings. The first-order valence-electron chi connectivity index (χ1n) is 7.06. The minimum Gasteiger partial charge on any atom is -0.384 e. The van der Waals surface area contributed by atoms with Gasteiger partial charge in [0.05, 0.1) is 5.52 Å². The largest absolute Gasteiger partial charge is 0.384 e.